The Balaban J connectivity index is 4.58. The van der Waals surface area contributed by atoms with Crippen LogP contribution in [0.25, 0.3) is 0 Å². The molecule has 0 saturated heterocycles. The molecule has 0 aromatic heterocycles. The number of hydrogen-bond donors (Lipinski definition) is 0. The fraction of sp³-hybridized carbons (Fsp3) is 0.750. The van der Waals surface area contributed by atoms with Gasteiger partial charge in [-0.15, -0.1) is 34.8 Å². The zero-order chi connectivity index (χ0) is 12.6. The van der Waals surface area contributed by atoms with Crippen LogP contribution in [0, 0.1) is 0 Å². The van der Waals surface area contributed by atoms with Crippen LogP contribution in [0.1, 0.15) is 0 Å². The molecule has 0 radical (unpaired) electrons. The van der Waals surface area contributed by atoms with E-state index in [1.54, 1.807) is 4.67 Å². The van der Waals surface area contributed by atoms with Gasteiger partial charge < -0.3 is 4.52 Å². The number of rotatable bonds is 9. The molecule has 0 N–H and O–H groups in total. The average molecular weight is 329 g/mol. The van der Waals surface area contributed by atoms with Crippen molar-refractivity contribution in [1.29, 1.82) is 0 Å². The second-order valence-corrected chi connectivity index (χ2v) is 7.22. The predicted molar refractivity (Wildman–Crippen MR) is 72.3 cm³/mol. The summed E-state index contributed by atoms with van der Waals surface area (Å²) in [5, 5.41) is 0.266. The highest BCUT2D eigenvalue weighted by molar-refractivity contribution is 7.58. The van der Waals surface area contributed by atoms with E-state index in [9.17, 15) is 4.57 Å². The molecule has 0 aliphatic rings. The van der Waals surface area contributed by atoms with Crippen LogP contribution >= 0.6 is 53.9 Å². The minimum Gasteiger partial charge on any atom is -0.311 e. The van der Waals surface area contributed by atoms with Gasteiger partial charge in [-0.3, -0.25) is 4.57 Å². The monoisotopic (exact) mass is 327 g/mol. The number of alkyl halides is 3. The van der Waals surface area contributed by atoms with Crippen molar-refractivity contribution in [2.24, 2.45) is 0 Å². The Kier molecular flexibility index (Phi) is 9.64. The van der Waals surface area contributed by atoms with Gasteiger partial charge in [0.2, 0.25) is 0 Å². The van der Waals surface area contributed by atoms with Crippen molar-refractivity contribution in [2.75, 3.05) is 37.1 Å². The minimum atomic E-state index is -3.11. The summed E-state index contributed by atoms with van der Waals surface area (Å²) in [6.07, 6.45) is 0. The highest BCUT2D eigenvalue weighted by Crippen LogP contribution is 2.51. The van der Waals surface area contributed by atoms with Crippen LogP contribution in [0.15, 0.2) is 11.6 Å². The van der Waals surface area contributed by atoms with Crippen LogP contribution in [-0.4, -0.2) is 41.7 Å². The zero-order valence-corrected chi connectivity index (χ0v) is 12.6. The maximum Gasteiger partial charge on any atom is 0.287 e. The molecule has 0 saturated carbocycles. The van der Waals surface area contributed by atoms with Crippen molar-refractivity contribution in [3.8, 4) is 0 Å². The van der Waals surface area contributed by atoms with Crippen molar-refractivity contribution in [1.82, 2.24) is 4.67 Å². The summed E-state index contributed by atoms with van der Waals surface area (Å²) < 4.78 is 19.1. The van der Waals surface area contributed by atoms with Crippen LogP contribution in [0.3, 0.4) is 0 Å². The van der Waals surface area contributed by atoms with E-state index in [2.05, 4.69) is 6.58 Å². The lowest BCUT2D eigenvalue weighted by atomic mass is 10.6. The maximum atomic E-state index is 12.3. The van der Waals surface area contributed by atoms with Crippen LogP contribution in [0.4, 0.5) is 0 Å². The summed E-state index contributed by atoms with van der Waals surface area (Å²) in [6.45, 7) is 4.23. The van der Waals surface area contributed by atoms with Gasteiger partial charge in [-0.2, -0.15) is 0 Å². The van der Waals surface area contributed by atoms with E-state index in [4.69, 9.17) is 50.9 Å². The van der Waals surface area contributed by atoms with Crippen molar-refractivity contribution in [3.05, 3.63) is 11.6 Å². The highest BCUT2D eigenvalue weighted by atomic mass is 35.5. The molecule has 0 spiro atoms. The topological polar surface area (TPSA) is 29.5 Å². The molecule has 0 fully saturated rings. The molecule has 0 unspecified atom stereocenters. The number of hydrogen-bond acceptors (Lipinski definition) is 2. The molecule has 0 aromatic rings. The summed E-state index contributed by atoms with van der Waals surface area (Å²) in [4.78, 5) is 0. The Morgan fingerprint density at radius 1 is 1.25 bits per heavy atom. The average Bonchev–Trinajstić information content (AvgIpc) is 2.25. The number of halogens is 4. The molecule has 8 heteroatoms. The summed E-state index contributed by atoms with van der Waals surface area (Å²) in [5.41, 5.74) is -0.134. The SMILES string of the molecule is C=C(Cl)CO[P@](=O)(CCl)N(CCCl)CCCl. The van der Waals surface area contributed by atoms with Crippen LogP contribution in [0.5, 0.6) is 0 Å². The molecule has 0 rings (SSSR count). The van der Waals surface area contributed by atoms with E-state index in [1.165, 1.54) is 0 Å². The van der Waals surface area contributed by atoms with Gasteiger partial charge in [-0.1, -0.05) is 18.2 Å². The molecule has 0 amide bonds. The van der Waals surface area contributed by atoms with Crippen LogP contribution in [0.2, 0.25) is 0 Å². The van der Waals surface area contributed by atoms with Gasteiger partial charge in [0.05, 0.1) is 6.61 Å². The second kappa shape index (κ2) is 9.04. The normalized spacial score (nSPS) is 15.1. The first-order valence-corrected chi connectivity index (χ1v) is 8.24. The smallest absolute Gasteiger partial charge is 0.287 e. The van der Waals surface area contributed by atoms with E-state index in [0.717, 1.165) is 0 Å². The van der Waals surface area contributed by atoms with E-state index in [0.29, 0.717) is 24.8 Å². The molecule has 16 heavy (non-hydrogen) atoms. The molecule has 0 heterocycles. The van der Waals surface area contributed by atoms with E-state index in [-0.39, 0.29) is 17.3 Å². The van der Waals surface area contributed by atoms with Gasteiger partial charge in [0, 0.05) is 29.9 Å². The summed E-state index contributed by atoms with van der Waals surface area (Å²) in [6, 6.07) is 0. The van der Waals surface area contributed by atoms with Gasteiger partial charge in [0.1, 0.15) is 5.62 Å². The number of nitrogens with zero attached hydrogens (tertiary/aromatic N) is 1. The van der Waals surface area contributed by atoms with Crippen LogP contribution < -0.4 is 0 Å². The summed E-state index contributed by atoms with van der Waals surface area (Å²) >= 11 is 22.4. The molecule has 0 bridgehead atoms. The fourth-order valence-corrected chi connectivity index (χ4v) is 3.96. The van der Waals surface area contributed by atoms with Crippen molar-refractivity contribution in [3.63, 3.8) is 0 Å². The van der Waals surface area contributed by atoms with E-state index in [1.807, 2.05) is 0 Å². The summed E-state index contributed by atoms with van der Waals surface area (Å²) in [7, 11) is -3.11. The van der Waals surface area contributed by atoms with Gasteiger partial charge in [-0.25, -0.2) is 4.67 Å². The van der Waals surface area contributed by atoms with Gasteiger partial charge in [0.15, 0.2) is 0 Å². The fourth-order valence-electron chi connectivity index (χ4n) is 0.974. The third kappa shape index (κ3) is 6.11. The van der Waals surface area contributed by atoms with Gasteiger partial charge in [0.25, 0.3) is 7.52 Å². The van der Waals surface area contributed by atoms with Crippen molar-refractivity contribution in [2.45, 2.75) is 0 Å². The van der Waals surface area contributed by atoms with E-state index < -0.39 is 7.52 Å². The van der Waals surface area contributed by atoms with Gasteiger partial charge >= 0.3 is 0 Å². The van der Waals surface area contributed by atoms with E-state index >= 15 is 0 Å². The Morgan fingerprint density at radius 2 is 1.75 bits per heavy atom. The Morgan fingerprint density at radius 3 is 2.06 bits per heavy atom. The lowest BCUT2D eigenvalue weighted by Crippen LogP contribution is -2.27. The molecule has 96 valence electrons. The zero-order valence-electron chi connectivity index (χ0n) is 8.67. The third-order valence-corrected chi connectivity index (χ3v) is 5.14. The Bertz CT molecular complexity index is 258. The molecule has 1 atom stereocenters. The van der Waals surface area contributed by atoms with Crippen LogP contribution in [-0.2, 0) is 9.09 Å². The summed E-state index contributed by atoms with van der Waals surface area (Å²) in [5.74, 6) is 0.645. The highest BCUT2D eigenvalue weighted by Gasteiger charge is 2.30. The second-order valence-electron chi connectivity index (χ2n) is 2.88. The maximum absolute atomic E-state index is 12.3. The lowest BCUT2D eigenvalue weighted by molar-refractivity contribution is 0.293. The molecular weight excluding hydrogens is 315 g/mol. The molecule has 0 aromatic carbocycles. The lowest BCUT2D eigenvalue weighted by Gasteiger charge is -2.28. The standard InChI is InChI=1S/C8H14Cl4NO2P/c1-8(12)6-15-16(14,7-11)13(4-2-9)5-3-10/h1-7H2/t16-/m1/s1. The first-order chi connectivity index (χ1) is 7.50. The molecule has 0 aliphatic heterocycles. The largest absolute Gasteiger partial charge is 0.311 e. The van der Waals surface area contributed by atoms with Crippen molar-refractivity contribution < 1.29 is 9.09 Å². The Hall–Kier alpha value is 1.05. The van der Waals surface area contributed by atoms with Gasteiger partial charge in [-0.05, 0) is 0 Å². The first-order valence-electron chi connectivity index (χ1n) is 4.50. The molecular formula is C8H14Cl4NO2P. The predicted octanol–water partition coefficient (Wildman–Crippen LogP) is 3.92. The quantitative estimate of drug-likeness (QED) is 0.474. The Labute approximate surface area is 116 Å². The molecule has 0 aliphatic carbocycles. The third-order valence-electron chi connectivity index (χ3n) is 1.69. The first kappa shape index (κ1) is 17.1. The van der Waals surface area contributed by atoms with Crippen molar-refractivity contribution >= 4 is 53.9 Å². The minimum absolute atomic E-state index is 0.00732. The molecule has 3 nitrogen and oxygen atoms in total.